The minimum absolute atomic E-state index is 0.130. The van der Waals surface area contributed by atoms with Crippen molar-refractivity contribution in [3.8, 4) is 0 Å². The molecular formula is C12H21N3OS. The van der Waals surface area contributed by atoms with Crippen molar-refractivity contribution in [3.05, 3.63) is 15.6 Å². The number of amides is 1. The Balaban J connectivity index is 2.17. The lowest BCUT2D eigenvalue weighted by Crippen LogP contribution is -2.26. The molecule has 1 amide bonds. The maximum atomic E-state index is 11.4. The summed E-state index contributed by atoms with van der Waals surface area (Å²) >= 11 is 1.72. The molecule has 1 aromatic rings. The number of nitrogens with zero attached hydrogens (tertiary/aromatic N) is 1. The quantitative estimate of drug-likeness (QED) is 0.725. The lowest BCUT2D eigenvalue weighted by Gasteiger charge is -2.03. The lowest BCUT2D eigenvalue weighted by atomic mass is 10.3. The second-order valence-electron chi connectivity index (χ2n) is 4.06. The first-order chi connectivity index (χ1) is 8.13. The Bertz CT molecular complexity index is 343. The first-order valence-corrected chi connectivity index (χ1v) is 6.79. The van der Waals surface area contributed by atoms with Crippen molar-refractivity contribution in [2.45, 2.75) is 33.1 Å². The third-order valence-electron chi connectivity index (χ3n) is 2.56. The Morgan fingerprint density at radius 1 is 1.35 bits per heavy atom. The van der Waals surface area contributed by atoms with E-state index in [-0.39, 0.29) is 5.91 Å². The number of thiazole rings is 1. The maximum Gasteiger partial charge on any atom is 0.220 e. The number of carbonyl (C=O) groups is 1. The van der Waals surface area contributed by atoms with Gasteiger partial charge in [0.15, 0.2) is 0 Å². The molecule has 0 aliphatic carbocycles. The number of aryl methyl sites for hydroxylation is 2. The largest absolute Gasteiger partial charge is 0.356 e. The molecule has 2 N–H and O–H groups in total. The fraction of sp³-hybridized carbons (Fsp3) is 0.667. The first kappa shape index (κ1) is 14.1. The first-order valence-electron chi connectivity index (χ1n) is 5.97. The van der Waals surface area contributed by atoms with Gasteiger partial charge in [-0.05, 0) is 33.9 Å². The summed E-state index contributed by atoms with van der Waals surface area (Å²) < 4.78 is 0. The van der Waals surface area contributed by atoms with E-state index in [1.807, 2.05) is 14.0 Å². The van der Waals surface area contributed by atoms with E-state index in [0.717, 1.165) is 30.1 Å². The minimum Gasteiger partial charge on any atom is -0.356 e. The molecule has 1 heterocycles. The fourth-order valence-corrected chi connectivity index (χ4v) is 2.40. The van der Waals surface area contributed by atoms with Gasteiger partial charge >= 0.3 is 0 Å². The van der Waals surface area contributed by atoms with E-state index >= 15 is 0 Å². The molecule has 0 fully saturated rings. The molecule has 0 atom stereocenters. The summed E-state index contributed by atoms with van der Waals surface area (Å²) in [6, 6.07) is 0. The van der Waals surface area contributed by atoms with Crippen molar-refractivity contribution in [2.75, 3.05) is 20.1 Å². The van der Waals surface area contributed by atoms with Crippen LogP contribution in [0.1, 0.15) is 28.4 Å². The van der Waals surface area contributed by atoms with Crippen molar-refractivity contribution in [1.29, 1.82) is 0 Å². The van der Waals surface area contributed by atoms with Crippen LogP contribution in [0.3, 0.4) is 0 Å². The summed E-state index contributed by atoms with van der Waals surface area (Å²) in [5, 5.41) is 7.05. The van der Waals surface area contributed by atoms with Gasteiger partial charge in [-0.2, -0.15) is 0 Å². The average molecular weight is 255 g/mol. The molecule has 0 unspecified atom stereocenters. The standard InChI is InChI=1S/C12H21N3OS/c1-9-10(2)17-12(15-9)6-8-14-11(16)5-4-7-13-3/h13H,4-8H2,1-3H3,(H,14,16). The highest BCUT2D eigenvalue weighted by Crippen LogP contribution is 2.16. The van der Waals surface area contributed by atoms with Crippen LogP contribution in [0.15, 0.2) is 0 Å². The highest BCUT2D eigenvalue weighted by atomic mass is 32.1. The van der Waals surface area contributed by atoms with Crippen molar-refractivity contribution < 1.29 is 4.79 Å². The fourth-order valence-electron chi connectivity index (χ4n) is 1.47. The molecule has 0 radical (unpaired) electrons. The van der Waals surface area contributed by atoms with Gasteiger partial charge in [0, 0.05) is 24.3 Å². The zero-order valence-corrected chi connectivity index (χ0v) is 11.6. The summed E-state index contributed by atoms with van der Waals surface area (Å²) in [4.78, 5) is 17.1. The van der Waals surface area contributed by atoms with Crippen LogP contribution in [0, 0.1) is 13.8 Å². The van der Waals surface area contributed by atoms with Crippen molar-refractivity contribution >= 4 is 17.2 Å². The third-order valence-corrected chi connectivity index (χ3v) is 3.70. The van der Waals surface area contributed by atoms with Crippen LogP contribution in [0.4, 0.5) is 0 Å². The highest BCUT2D eigenvalue weighted by Gasteiger charge is 2.04. The van der Waals surface area contributed by atoms with Crippen LogP contribution in [-0.2, 0) is 11.2 Å². The summed E-state index contributed by atoms with van der Waals surface area (Å²) in [5.41, 5.74) is 1.10. The van der Waals surface area contributed by atoms with E-state index < -0.39 is 0 Å². The zero-order valence-electron chi connectivity index (χ0n) is 10.8. The molecule has 1 rings (SSSR count). The summed E-state index contributed by atoms with van der Waals surface area (Å²) in [6.45, 7) is 5.67. The Labute approximate surface area is 107 Å². The van der Waals surface area contributed by atoms with Crippen LogP contribution in [0.5, 0.6) is 0 Å². The molecule has 0 saturated carbocycles. The van der Waals surface area contributed by atoms with E-state index in [9.17, 15) is 4.79 Å². The number of carbonyl (C=O) groups excluding carboxylic acids is 1. The minimum atomic E-state index is 0.130. The summed E-state index contributed by atoms with van der Waals surface area (Å²) in [5.74, 6) is 0.130. The van der Waals surface area contributed by atoms with Gasteiger partial charge in [-0.3, -0.25) is 4.79 Å². The van der Waals surface area contributed by atoms with Crippen LogP contribution >= 0.6 is 11.3 Å². The summed E-state index contributed by atoms with van der Waals surface area (Å²) in [7, 11) is 1.89. The van der Waals surface area contributed by atoms with Gasteiger partial charge in [0.05, 0.1) is 10.7 Å². The predicted molar refractivity (Wildman–Crippen MR) is 71.5 cm³/mol. The summed E-state index contributed by atoms with van der Waals surface area (Å²) in [6.07, 6.45) is 2.31. The monoisotopic (exact) mass is 255 g/mol. The van der Waals surface area contributed by atoms with E-state index in [1.165, 1.54) is 4.88 Å². The molecular weight excluding hydrogens is 234 g/mol. The van der Waals surface area contributed by atoms with Gasteiger partial charge in [0.1, 0.15) is 0 Å². The Morgan fingerprint density at radius 3 is 2.71 bits per heavy atom. The molecule has 0 bridgehead atoms. The molecule has 17 heavy (non-hydrogen) atoms. The molecule has 0 aliphatic heterocycles. The molecule has 0 aliphatic rings. The second kappa shape index (κ2) is 7.40. The average Bonchev–Trinajstić information content (AvgIpc) is 2.59. The van der Waals surface area contributed by atoms with Crippen LogP contribution < -0.4 is 10.6 Å². The van der Waals surface area contributed by atoms with E-state index in [1.54, 1.807) is 11.3 Å². The highest BCUT2D eigenvalue weighted by molar-refractivity contribution is 7.11. The van der Waals surface area contributed by atoms with Gasteiger partial charge in [0.2, 0.25) is 5.91 Å². The number of hydrogen-bond acceptors (Lipinski definition) is 4. The predicted octanol–water partition coefficient (Wildman–Crippen LogP) is 1.42. The number of nitrogens with one attached hydrogen (secondary N) is 2. The number of aromatic nitrogens is 1. The van der Waals surface area contributed by atoms with Gasteiger partial charge in [-0.15, -0.1) is 11.3 Å². The molecule has 0 spiro atoms. The Morgan fingerprint density at radius 2 is 2.12 bits per heavy atom. The van der Waals surface area contributed by atoms with Crippen LogP contribution in [0.2, 0.25) is 0 Å². The second-order valence-corrected chi connectivity index (χ2v) is 5.34. The van der Waals surface area contributed by atoms with E-state index in [0.29, 0.717) is 13.0 Å². The lowest BCUT2D eigenvalue weighted by molar-refractivity contribution is -0.121. The number of rotatable bonds is 7. The van der Waals surface area contributed by atoms with E-state index in [4.69, 9.17) is 0 Å². The molecule has 96 valence electrons. The molecule has 0 aromatic carbocycles. The molecule has 1 aromatic heterocycles. The van der Waals surface area contributed by atoms with Gasteiger partial charge in [-0.25, -0.2) is 4.98 Å². The van der Waals surface area contributed by atoms with Gasteiger partial charge in [-0.1, -0.05) is 0 Å². The van der Waals surface area contributed by atoms with E-state index in [2.05, 4.69) is 22.5 Å². The van der Waals surface area contributed by atoms with Crippen molar-refractivity contribution in [1.82, 2.24) is 15.6 Å². The molecule has 5 heteroatoms. The van der Waals surface area contributed by atoms with Gasteiger partial charge in [0.25, 0.3) is 0 Å². The normalized spacial score (nSPS) is 10.5. The smallest absolute Gasteiger partial charge is 0.220 e. The Hall–Kier alpha value is -0.940. The number of hydrogen-bond donors (Lipinski definition) is 2. The van der Waals surface area contributed by atoms with Crippen LogP contribution in [0.25, 0.3) is 0 Å². The van der Waals surface area contributed by atoms with Crippen molar-refractivity contribution in [2.24, 2.45) is 0 Å². The maximum absolute atomic E-state index is 11.4. The molecule has 0 saturated heterocycles. The zero-order chi connectivity index (χ0) is 12.7. The molecule has 4 nitrogen and oxygen atoms in total. The third kappa shape index (κ3) is 5.28. The topological polar surface area (TPSA) is 54.0 Å². The van der Waals surface area contributed by atoms with Crippen LogP contribution in [-0.4, -0.2) is 31.0 Å². The van der Waals surface area contributed by atoms with Crippen molar-refractivity contribution in [3.63, 3.8) is 0 Å². The SMILES string of the molecule is CNCCCC(=O)NCCc1nc(C)c(C)s1. The Kier molecular flexibility index (Phi) is 6.15. The van der Waals surface area contributed by atoms with Gasteiger partial charge < -0.3 is 10.6 Å².